The van der Waals surface area contributed by atoms with Crippen molar-refractivity contribution in [3.05, 3.63) is 72.3 Å². The maximum atomic E-state index is 15.1. The summed E-state index contributed by atoms with van der Waals surface area (Å²) in [4.78, 5) is 31.4. The zero-order valence-corrected chi connectivity index (χ0v) is 26.6. The molecule has 252 valence electrons. The molecule has 1 atom stereocenters. The fourth-order valence-electron chi connectivity index (χ4n) is 6.27. The van der Waals surface area contributed by atoms with Crippen molar-refractivity contribution >= 4 is 34.6 Å². The van der Waals surface area contributed by atoms with Crippen molar-refractivity contribution in [3.8, 4) is 5.75 Å². The minimum atomic E-state index is -4.84. The number of nitrogens with one attached hydrogen (secondary N) is 2. The number of piperidine rings is 1. The molecule has 1 unspecified atom stereocenters. The number of methoxy groups -OCH3 is 1. The van der Waals surface area contributed by atoms with Crippen LogP contribution in [0.5, 0.6) is 5.75 Å². The monoisotopic (exact) mass is 657 g/mol. The predicted molar refractivity (Wildman–Crippen MR) is 172 cm³/mol. The molecule has 2 aliphatic heterocycles. The van der Waals surface area contributed by atoms with Gasteiger partial charge in [0.1, 0.15) is 23.7 Å². The molecule has 47 heavy (non-hydrogen) atoms. The molecular formula is C33H39F4N7O3. The van der Waals surface area contributed by atoms with E-state index in [1.165, 1.54) is 42.8 Å². The quantitative estimate of drug-likeness (QED) is 0.173. The Hall–Kier alpha value is -4.43. The molecule has 2 aliphatic rings. The van der Waals surface area contributed by atoms with Crippen LogP contribution < -0.4 is 25.3 Å². The normalized spacial score (nSPS) is 17.2. The topological polar surface area (TPSA) is 95.1 Å². The number of hydrogen-bond donors (Lipinski definition) is 2. The van der Waals surface area contributed by atoms with Crippen LogP contribution in [0, 0.1) is 5.82 Å². The Morgan fingerprint density at radius 1 is 1.13 bits per heavy atom. The van der Waals surface area contributed by atoms with E-state index in [0.29, 0.717) is 35.1 Å². The van der Waals surface area contributed by atoms with Crippen LogP contribution in [0.4, 0.5) is 46.3 Å². The van der Waals surface area contributed by atoms with Crippen LogP contribution in [-0.2, 0) is 15.8 Å². The SMILES string of the molecule is C=CC(=O)Nc1cc(Nc2cc(N3OCCC3c3cccc(C(F)(F)F)c3F)ncn2)c(OC)cc1N1CCC(N(CC)CC)CC1. The van der Waals surface area contributed by atoms with Gasteiger partial charge in [-0.05, 0) is 44.1 Å². The van der Waals surface area contributed by atoms with Crippen LogP contribution in [0.2, 0.25) is 0 Å². The molecule has 2 N–H and O–H groups in total. The van der Waals surface area contributed by atoms with Crippen LogP contribution in [0.15, 0.2) is 55.4 Å². The second kappa shape index (κ2) is 14.6. The Kier molecular flexibility index (Phi) is 10.5. The van der Waals surface area contributed by atoms with Gasteiger partial charge in [-0.2, -0.15) is 13.2 Å². The Morgan fingerprint density at radius 2 is 1.87 bits per heavy atom. The van der Waals surface area contributed by atoms with Crippen molar-refractivity contribution in [2.24, 2.45) is 0 Å². The lowest BCUT2D eigenvalue weighted by molar-refractivity contribution is -0.140. The largest absolute Gasteiger partial charge is 0.494 e. The van der Waals surface area contributed by atoms with Crippen LogP contribution in [-0.4, -0.2) is 66.7 Å². The van der Waals surface area contributed by atoms with Gasteiger partial charge in [-0.3, -0.25) is 9.63 Å². The Bertz CT molecular complexity index is 1580. The summed E-state index contributed by atoms with van der Waals surface area (Å²) in [6.45, 7) is 11.7. The molecule has 2 saturated heterocycles. The third kappa shape index (κ3) is 7.43. The first-order chi connectivity index (χ1) is 22.6. The second-order valence-corrected chi connectivity index (χ2v) is 11.3. The molecule has 0 bridgehead atoms. The molecule has 2 fully saturated rings. The van der Waals surface area contributed by atoms with Gasteiger partial charge in [0.15, 0.2) is 5.82 Å². The number of halogens is 4. The summed E-state index contributed by atoms with van der Waals surface area (Å²) in [6, 6.07) is 8.00. The highest BCUT2D eigenvalue weighted by atomic mass is 19.4. The van der Waals surface area contributed by atoms with Crippen LogP contribution in [0.3, 0.4) is 0 Å². The van der Waals surface area contributed by atoms with Gasteiger partial charge >= 0.3 is 6.18 Å². The fraction of sp³-hybridized carbons (Fsp3) is 0.424. The van der Waals surface area contributed by atoms with Crippen molar-refractivity contribution in [1.29, 1.82) is 0 Å². The molecule has 10 nitrogen and oxygen atoms in total. The average molecular weight is 658 g/mol. The lowest BCUT2D eigenvalue weighted by Crippen LogP contribution is -2.45. The van der Waals surface area contributed by atoms with Gasteiger partial charge in [0.2, 0.25) is 5.91 Å². The lowest BCUT2D eigenvalue weighted by Gasteiger charge is -2.39. The maximum Gasteiger partial charge on any atom is 0.419 e. The van der Waals surface area contributed by atoms with Gasteiger partial charge in [0, 0.05) is 43.2 Å². The predicted octanol–water partition coefficient (Wildman–Crippen LogP) is 6.70. The van der Waals surface area contributed by atoms with Crippen LogP contribution >= 0.6 is 0 Å². The zero-order valence-electron chi connectivity index (χ0n) is 26.6. The van der Waals surface area contributed by atoms with E-state index in [4.69, 9.17) is 9.57 Å². The molecule has 0 saturated carbocycles. The van der Waals surface area contributed by atoms with Gasteiger partial charge < -0.3 is 25.2 Å². The van der Waals surface area contributed by atoms with E-state index < -0.39 is 23.6 Å². The summed E-state index contributed by atoms with van der Waals surface area (Å²) in [5.74, 6) is -0.702. The van der Waals surface area contributed by atoms with Crippen molar-refractivity contribution in [3.63, 3.8) is 0 Å². The Labute approximate surface area is 271 Å². The summed E-state index contributed by atoms with van der Waals surface area (Å²) in [7, 11) is 1.54. The number of ether oxygens (including phenoxy) is 1. The summed E-state index contributed by atoms with van der Waals surface area (Å²) in [5, 5.41) is 7.40. The first-order valence-corrected chi connectivity index (χ1v) is 15.6. The number of benzene rings is 2. The number of hydroxylamine groups is 1. The highest BCUT2D eigenvalue weighted by Gasteiger charge is 2.38. The van der Waals surface area contributed by atoms with E-state index in [9.17, 15) is 18.0 Å². The van der Waals surface area contributed by atoms with E-state index in [2.05, 4.69) is 50.8 Å². The van der Waals surface area contributed by atoms with Gasteiger partial charge in [-0.15, -0.1) is 0 Å². The smallest absolute Gasteiger partial charge is 0.419 e. The molecular weight excluding hydrogens is 618 g/mol. The van der Waals surface area contributed by atoms with Crippen molar-refractivity contribution < 1.29 is 31.9 Å². The van der Waals surface area contributed by atoms with E-state index in [0.717, 1.165) is 44.7 Å². The molecule has 3 aromatic rings. The maximum absolute atomic E-state index is 15.1. The number of amides is 1. The van der Waals surface area contributed by atoms with Gasteiger partial charge in [-0.25, -0.2) is 19.4 Å². The molecule has 0 radical (unpaired) electrons. The highest BCUT2D eigenvalue weighted by molar-refractivity contribution is 6.02. The van der Waals surface area contributed by atoms with Crippen molar-refractivity contribution in [2.45, 2.75) is 51.4 Å². The Morgan fingerprint density at radius 3 is 2.53 bits per heavy atom. The summed E-state index contributed by atoms with van der Waals surface area (Å²) < 4.78 is 61.1. The number of carbonyl (C=O) groups is 1. The summed E-state index contributed by atoms with van der Waals surface area (Å²) >= 11 is 0. The molecule has 3 heterocycles. The third-order valence-electron chi connectivity index (χ3n) is 8.63. The van der Waals surface area contributed by atoms with Gasteiger partial charge in [0.25, 0.3) is 0 Å². The zero-order chi connectivity index (χ0) is 33.7. The number of alkyl halides is 3. The first-order valence-electron chi connectivity index (χ1n) is 15.6. The molecule has 1 amide bonds. The molecule has 5 rings (SSSR count). The average Bonchev–Trinajstić information content (AvgIpc) is 3.55. The summed E-state index contributed by atoms with van der Waals surface area (Å²) in [6.07, 6.45) is -0.168. The number of carbonyl (C=O) groups excluding carboxylic acids is 1. The number of rotatable bonds is 11. The standard InChI is InChI=1S/C33H39F4N7O3/c1-5-31(45)41-24-17-25(28(46-4)18-27(24)43-14-11-21(12-15-43)42(6-2)7-3)40-29-19-30(39-20-38-29)44-26(13-16-47-44)22-9-8-10-23(32(22)34)33(35,36)37/h5,8-10,17-21,26H,1,6-7,11-16H2,2-4H3,(H,41,45)(H,38,39,40). The van der Waals surface area contributed by atoms with Crippen LogP contribution in [0.25, 0.3) is 0 Å². The molecule has 0 spiro atoms. The van der Waals surface area contributed by atoms with E-state index in [1.807, 2.05) is 6.07 Å². The Balaban J connectivity index is 1.42. The fourth-order valence-corrected chi connectivity index (χ4v) is 6.27. The minimum Gasteiger partial charge on any atom is -0.494 e. The second-order valence-electron chi connectivity index (χ2n) is 11.3. The van der Waals surface area contributed by atoms with Crippen LogP contribution in [0.1, 0.15) is 50.3 Å². The first kappa shape index (κ1) is 33.9. The number of nitrogens with zero attached hydrogens (tertiary/aromatic N) is 5. The van der Waals surface area contributed by atoms with Gasteiger partial charge in [0.05, 0.1) is 42.4 Å². The van der Waals surface area contributed by atoms with E-state index >= 15 is 4.39 Å². The molecule has 2 aromatic carbocycles. The third-order valence-corrected chi connectivity index (χ3v) is 8.63. The molecule has 0 aliphatic carbocycles. The number of anilines is 5. The lowest BCUT2D eigenvalue weighted by atomic mass is 10.0. The minimum absolute atomic E-state index is 0.147. The highest BCUT2D eigenvalue weighted by Crippen LogP contribution is 2.42. The van der Waals surface area contributed by atoms with E-state index in [1.54, 1.807) is 6.07 Å². The van der Waals surface area contributed by atoms with Crippen molar-refractivity contribution in [1.82, 2.24) is 14.9 Å². The van der Waals surface area contributed by atoms with Gasteiger partial charge in [-0.1, -0.05) is 32.6 Å². The molecule has 1 aromatic heterocycles. The molecule has 14 heteroatoms. The van der Waals surface area contributed by atoms with Crippen molar-refractivity contribution in [2.75, 3.05) is 60.5 Å². The summed E-state index contributed by atoms with van der Waals surface area (Å²) in [5.41, 5.74) is 0.361. The number of aromatic nitrogens is 2. The number of hydrogen-bond acceptors (Lipinski definition) is 9. The van der Waals surface area contributed by atoms with E-state index in [-0.39, 0.29) is 30.3 Å².